The van der Waals surface area contributed by atoms with Gasteiger partial charge in [-0.05, 0) is 40.6 Å². The van der Waals surface area contributed by atoms with Crippen LogP contribution < -0.4 is 5.32 Å². The second-order valence-electron chi connectivity index (χ2n) is 3.81. The Kier molecular flexibility index (Phi) is 4.35. The van der Waals surface area contributed by atoms with Gasteiger partial charge in [0.05, 0.1) is 11.8 Å². The zero-order chi connectivity index (χ0) is 11.4. The van der Waals surface area contributed by atoms with Gasteiger partial charge in [0, 0.05) is 11.8 Å². The minimum atomic E-state index is -0.0631. The Morgan fingerprint density at radius 3 is 3.12 bits per heavy atom. The molecule has 0 saturated carbocycles. The summed E-state index contributed by atoms with van der Waals surface area (Å²) in [5.74, 6) is 1.16. The maximum Gasteiger partial charge on any atom is 0.255 e. The van der Waals surface area contributed by atoms with Crippen molar-refractivity contribution in [2.75, 3.05) is 12.3 Å². The summed E-state index contributed by atoms with van der Waals surface area (Å²) < 4.78 is 5.53. The third kappa shape index (κ3) is 3.04. The Bertz CT molecular complexity index is 361. The molecule has 1 aliphatic heterocycles. The topological polar surface area (TPSA) is 42.2 Å². The lowest BCUT2D eigenvalue weighted by Gasteiger charge is -2.21. The molecule has 1 aromatic rings. The fourth-order valence-electron chi connectivity index (χ4n) is 1.73. The van der Waals surface area contributed by atoms with Gasteiger partial charge < -0.3 is 9.73 Å². The second kappa shape index (κ2) is 5.77. The Hall–Kier alpha value is -0.420. The Balaban J connectivity index is 1.81. The number of carbonyl (C=O) groups is 1. The number of halogens is 1. The molecule has 0 aliphatic carbocycles. The van der Waals surface area contributed by atoms with Gasteiger partial charge in [-0.25, -0.2) is 0 Å². The van der Waals surface area contributed by atoms with E-state index in [9.17, 15) is 4.79 Å². The van der Waals surface area contributed by atoms with Gasteiger partial charge in [0.2, 0.25) is 0 Å². The molecule has 1 saturated heterocycles. The molecule has 1 atom stereocenters. The molecule has 0 radical (unpaired) electrons. The van der Waals surface area contributed by atoms with Crippen LogP contribution >= 0.6 is 27.7 Å². The Labute approximate surface area is 107 Å². The first kappa shape index (κ1) is 12.0. The number of hydrogen-bond acceptors (Lipinski definition) is 3. The lowest BCUT2D eigenvalue weighted by molar-refractivity contribution is 0.0951. The molecule has 0 spiro atoms. The average Bonchev–Trinajstić information content (AvgIpc) is 2.74. The van der Waals surface area contributed by atoms with Gasteiger partial charge in [-0.3, -0.25) is 4.79 Å². The summed E-state index contributed by atoms with van der Waals surface area (Å²) in [6.07, 6.45) is 5.30. The van der Waals surface area contributed by atoms with Gasteiger partial charge >= 0.3 is 0 Å². The fraction of sp³-hybridized carbons (Fsp3) is 0.545. The molecule has 88 valence electrons. The molecular formula is C11H14BrNO2S. The van der Waals surface area contributed by atoms with Crippen molar-refractivity contribution < 1.29 is 9.21 Å². The Morgan fingerprint density at radius 1 is 1.62 bits per heavy atom. The molecule has 1 unspecified atom stereocenters. The normalized spacial score (nSPS) is 20.7. The highest BCUT2D eigenvalue weighted by Crippen LogP contribution is 2.24. The molecule has 1 fully saturated rings. The summed E-state index contributed by atoms with van der Waals surface area (Å²) in [6, 6.07) is 1.67. The lowest BCUT2D eigenvalue weighted by Crippen LogP contribution is -2.31. The van der Waals surface area contributed by atoms with Crippen molar-refractivity contribution in [1.82, 2.24) is 5.32 Å². The number of carbonyl (C=O) groups excluding carboxylic acids is 1. The standard InChI is InChI=1S/C11H14BrNO2S/c12-10-9(4-5-15-10)11(14)13-7-8-3-1-2-6-16-8/h4-5,8H,1-3,6-7H2,(H,13,14). The van der Waals surface area contributed by atoms with Crippen LogP contribution in [-0.2, 0) is 0 Å². The van der Waals surface area contributed by atoms with Crippen LogP contribution in [0.25, 0.3) is 0 Å². The number of hydrogen-bond donors (Lipinski definition) is 1. The van der Waals surface area contributed by atoms with Crippen molar-refractivity contribution in [3.8, 4) is 0 Å². The van der Waals surface area contributed by atoms with E-state index in [-0.39, 0.29) is 5.91 Å². The predicted octanol–water partition coefficient (Wildman–Crippen LogP) is 3.06. The first-order valence-electron chi connectivity index (χ1n) is 5.40. The van der Waals surface area contributed by atoms with Crippen LogP contribution in [-0.4, -0.2) is 23.5 Å². The number of thioether (sulfide) groups is 1. The van der Waals surface area contributed by atoms with E-state index in [1.165, 1.54) is 31.3 Å². The van der Waals surface area contributed by atoms with Crippen molar-refractivity contribution in [1.29, 1.82) is 0 Å². The van der Waals surface area contributed by atoms with E-state index in [0.717, 1.165) is 6.54 Å². The van der Waals surface area contributed by atoms with E-state index in [2.05, 4.69) is 21.2 Å². The molecule has 1 aliphatic rings. The van der Waals surface area contributed by atoms with Crippen molar-refractivity contribution in [2.45, 2.75) is 24.5 Å². The largest absolute Gasteiger partial charge is 0.457 e. The molecule has 16 heavy (non-hydrogen) atoms. The van der Waals surface area contributed by atoms with Crippen LogP contribution in [0.2, 0.25) is 0 Å². The van der Waals surface area contributed by atoms with E-state index < -0.39 is 0 Å². The number of amides is 1. The fourth-order valence-corrected chi connectivity index (χ4v) is 3.38. The smallest absolute Gasteiger partial charge is 0.255 e. The van der Waals surface area contributed by atoms with Gasteiger partial charge in [-0.1, -0.05) is 6.42 Å². The van der Waals surface area contributed by atoms with Gasteiger partial charge in [0.25, 0.3) is 5.91 Å². The monoisotopic (exact) mass is 303 g/mol. The minimum Gasteiger partial charge on any atom is -0.457 e. The van der Waals surface area contributed by atoms with E-state index in [4.69, 9.17) is 4.42 Å². The summed E-state index contributed by atoms with van der Waals surface area (Å²) in [7, 11) is 0. The van der Waals surface area contributed by atoms with Gasteiger partial charge in [0.15, 0.2) is 4.67 Å². The average molecular weight is 304 g/mol. The molecule has 0 bridgehead atoms. The highest BCUT2D eigenvalue weighted by atomic mass is 79.9. The van der Waals surface area contributed by atoms with Crippen LogP contribution in [0.15, 0.2) is 21.4 Å². The lowest BCUT2D eigenvalue weighted by atomic mass is 10.2. The van der Waals surface area contributed by atoms with Crippen molar-refractivity contribution in [3.05, 3.63) is 22.6 Å². The SMILES string of the molecule is O=C(NCC1CCCCS1)c1ccoc1Br. The summed E-state index contributed by atoms with van der Waals surface area (Å²) in [6.45, 7) is 0.751. The van der Waals surface area contributed by atoms with Gasteiger partial charge in [-0.15, -0.1) is 0 Å². The molecule has 1 amide bonds. The Morgan fingerprint density at radius 2 is 2.50 bits per heavy atom. The van der Waals surface area contributed by atoms with E-state index in [0.29, 0.717) is 15.5 Å². The first-order valence-corrected chi connectivity index (χ1v) is 7.24. The molecule has 2 heterocycles. The highest BCUT2D eigenvalue weighted by Gasteiger charge is 2.17. The molecule has 1 N–H and O–H groups in total. The van der Waals surface area contributed by atoms with Crippen molar-refractivity contribution in [2.24, 2.45) is 0 Å². The minimum absolute atomic E-state index is 0.0631. The third-order valence-electron chi connectivity index (χ3n) is 2.63. The van der Waals surface area contributed by atoms with Gasteiger partial charge in [0.1, 0.15) is 0 Å². The molecule has 5 heteroatoms. The van der Waals surface area contributed by atoms with Gasteiger partial charge in [-0.2, -0.15) is 11.8 Å². The molecular weight excluding hydrogens is 290 g/mol. The summed E-state index contributed by atoms with van der Waals surface area (Å²) >= 11 is 5.16. The number of rotatable bonds is 3. The van der Waals surface area contributed by atoms with Crippen molar-refractivity contribution >= 4 is 33.6 Å². The van der Waals surface area contributed by atoms with E-state index in [1.807, 2.05) is 11.8 Å². The summed E-state index contributed by atoms with van der Waals surface area (Å²) in [5.41, 5.74) is 0.570. The van der Waals surface area contributed by atoms with E-state index >= 15 is 0 Å². The van der Waals surface area contributed by atoms with Crippen LogP contribution in [0.1, 0.15) is 29.6 Å². The maximum atomic E-state index is 11.8. The number of furan rings is 1. The maximum absolute atomic E-state index is 11.8. The molecule has 2 rings (SSSR count). The number of nitrogens with one attached hydrogen (secondary N) is 1. The van der Waals surface area contributed by atoms with Crippen LogP contribution in [0.5, 0.6) is 0 Å². The highest BCUT2D eigenvalue weighted by molar-refractivity contribution is 9.10. The van der Waals surface area contributed by atoms with Crippen molar-refractivity contribution in [3.63, 3.8) is 0 Å². The summed E-state index contributed by atoms with van der Waals surface area (Å²) in [4.78, 5) is 11.8. The first-order chi connectivity index (χ1) is 7.77. The zero-order valence-electron chi connectivity index (χ0n) is 8.87. The predicted molar refractivity (Wildman–Crippen MR) is 68.8 cm³/mol. The van der Waals surface area contributed by atoms with E-state index in [1.54, 1.807) is 6.07 Å². The molecule has 0 aromatic carbocycles. The third-order valence-corrected chi connectivity index (χ3v) is 4.64. The molecule has 1 aromatic heterocycles. The molecule has 3 nitrogen and oxygen atoms in total. The zero-order valence-corrected chi connectivity index (χ0v) is 11.3. The summed E-state index contributed by atoms with van der Waals surface area (Å²) in [5, 5.41) is 3.52. The quantitative estimate of drug-likeness (QED) is 0.933. The van der Waals surface area contributed by atoms with Crippen LogP contribution in [0.4, 0.5) is 0 Å². The van der Waals surface area contributed by atoms with Crippen LogP contribution in [0.3, 0.4) is 0 Å². The second-order valence-corrected chi connectivity index (χ2v) is 5.94. The van der Waals surface area contributed by atoms with Crippen LogP contribution in [0, 0.1) is 0 Å².